The van der Waals surface area contributed by atoms with Crippen molar-refractivity contribution >= 4 is 5.84 Å². The van der Waals surface area contributed by atoms with Gasteiger partial charge in [-0.15, -0.1) is 0 Å². The van der Waals surface area contributed by atoms with Gasteiger partial charge in [-0.2, -0.15) is 0 Å². The molecule has 52 valence electrons. The van der Waals surface area contributed by atoms with Crippen molar-refractivity contribution in [3.8, 4) is 0 Å². The highest BCUT2D eigenvalue weighted by atomic mass is 14.7. The van der Waals surface area contributed by atoms with E-state index in [1.807, 2.05) is 0 Å². The number of amidine groups is 1. The summed E-state index contributed by atoms with van der Waals surface area (Å²) in [5.41, 5.74) is 5.26. The largest absolute Gasteiger partial charge is 0.388 e. The average Bonchev–Trinajstić information content (AvgIpc) is 2.15. The fourth-order valence-electron chi connectivity index (χ4n) is 1.53. The van der Waals surface area contributed by atoms with Crippen molar-refractivity contribution in [3.05, 3.63) is 0 Å². The van der Waals surface area contributed by atoms with Gasteiger partial charge in [0.05, 0.1) is 5.84 Å². The predicted molar refractivity (Wildman–Crippen MR) is 38.5 cm³/mol. The lowest BCUT2D eigenvalue weighted by atomic mass is 10.0. The van der Waals surface area contributed by atoms with Gasteiger partial charge in [0.2, 0.25) is 0 Å². The van der Waals surface area contributed by atoms with E-state index >= 15 is 0 Å². The van der Waals surface area contributed by atoms with E-state index in [-0.39, 0.29) is 0 Å². The molecule has 0 radical (unpaired) electrons. The zero-order valence-corrected chi connectivity index (χ0v) is 5.69. The van der Waals surface area contributed by atoms with Crippen molar-refractivity contribution in [2.24, 2.45) is 11.7 Å². The topological polar surface area (TPSA) is 49.9 Å². The molecule has 1 rings (SSSR count). The van der Waals surface area contributed by atoms with Crippen LogP contribution in [0.15, 0.2) is 0 Å². The molecule has 0 bridgehead atoms. The number of rotatable bonds is 2. The van der Waals surface area contributed by atoms with E-state index in [9.17, 15) is 0 Å². The van der Waals surface area contributed by atoms with Crippen LogP contribution in [0.3, 0.4) is 0 Å². The molecule has 2 heteroatoms. The third-order valence-corrected chi connectivity index (χ3v) is 1.98. The molecule has 0 amide bonds. The Morgan fingerprint density at radius 3 is 2.44 bits per heavy atom. The van der Waals surface area contributed by atoms with Crippen LogP contribution in [0.1, 0.15) is 32.1 Å². The van der Waals surface area contributed by atoms with Crippen molar-refractivity contribution in [1.29, 1.82) is 5.41 Å². The lowest BCUT2D eigenvalue weighted by Gasteiger charge is -2.04. The van der Waals surface area contributed by atoms with Crippen LogP contribution in [0, 0.1) is 11.3 Å². The molecule has 0 saturated heterocycles. The van der Waals surface area contributed by atoms with Crippen LogP contribution in [-0.4, -0.2) is 5.84 Å². The maximum atomic E-state index is 7.04. The molecule has 3 N–H and O–H groups in total. The highest BCUT2D eigenvalue weighted by Gasteiger charge is 2.14. The smallest absolute Gasteiger partial charge is 0.0908 e. The minimum atomic E-state index is 0.363. The summed E-state index contributed by atoms with van der Waals surface area (Å²) in [5, 5.41) is 7.04. The molecule has 2 nitrogen and oxygen atoms in total. The molecule has 0 aliphatic heterocycles. The van der Waals surface area contributed by atoms with E-state index in [0.29, 0.717) is 5.84 Å². The first-order chi connectivity index (χ1) is 4.29. The van der Waals surface area contributed by atoms with Gasteiger partial charge < -0.3 is 5.73 Å². The van der Waals surface area contributed by atoms with Crippen LogP contribution < -0.4 is 5.73 Å². The molecule has 0 heterocycles. The monoisotopic (exact) mass is 126 g/mol. The van der Waals surface area contributed by atoms with E-state index in [2.05, 4.69) is 0 Å². The lowest BCUT2D eigenvalue weighted by molar-refractivity contribution is 0.570. The maximum Gasteiger partial charge on any atom is 0.0908 e. The SMILES string of the molecule is N=C(N)CC1CCCC1. The summed E-state index contributed by atoms with van der Waals surface area (Å²) < 4.78 is 0. The summed E-state index contributed by atoms with van der Waals surface area (Å²) in [6, 6.07) is 0. The Hall–Kier alpha value is -0.530. The molecule has 1 saturated carbocycles. The zero-order valence-electron chi connectivity index (χ0n) is 5.69. The quantitative estimate of drug-likeness (QED) is 0.427. The highest BCUT2D eigenvalue weighted by molar-refractivity contribution is 5.77. The molecule has 0 spiro atoms. The van der Waals surface area contributed by atoms with E-state index in [1.165, 1.54) is 25.7 Å². The Bertz CT molecular complexity index is 103. The predicted octanol–water partition coefficient (Wildman–Crippen LogP) is 1.50. The van der Waals surface area contributed by atoms with Crippen LogP contribution in [-0.2, 0) is 0 Å². The van der Waals surface area contributed by atoms with Gasteiger partial charge in [-0.1, -0.05) is 25.7 Å². The zero-order chi connectivity index (χ0) is 6.69. The fourth-order valence-corrected chi connectivity index (χ4v) is 1.53. The highest BCUT2D eigenvalue weighted by Crippen LogP contribution is 2.26. The van der Waals surface area contributed by atoms with E-state index in [4.69, 9.17) is 11.1 Å². The van der Waals surface area contributed by atoms with Crippen LogP contribution in [0.25, 0.3) is 0 Å². The van der Waals surface area contributed by atoms with E-state index < -0.39 is 0 Å². The van der Waals surface area contributed by atoms with Crippen LogP contribution in [0.4, 0.5) is 0 Å². The van der Waals surface area contributed by atoms with Crippen LogP contribution in [0.5, 0.6) is 0 Å². The first-order valence-electron chi connectivity index (χ1n) is 3.62. The van der Waals surface area contributed by atoms with Gasteiger partial charge >= 0.3 is 0 Å². The Balaban J connectivity index is 2.19. The Kier molecular flexibility index (Phi) is 2.09. The molecule has 0 atom stereocenters. The van der Waals surface area contributed by atoms with Gasteiger partial charge in [0.1, 0.15) is 0 Å². The summed E-state index contributed by atoms with van der Waals surface area (Å²) in [7, 11) is 0. The summed E-state index contributed by atoms with van der Waals surface area (Å²) in [6.07, 6.45) is 6.11. The molecule has 0 aromatic rings. The summed E-state index contributed by atoms with van der Waals surface area (Å²) in [5.74, 6) is 1.10. The summed E-state index contributed by atoms with van der Waals surface area (Å²) in [6.45, 7) is 0. The second-order valence-corrected chi connectivity index (χ2v) is 2.88. The third kappa shape index (κ3) is 2.04. The maximum absolute atomic E-state index is 7.04. The molecule has 9 heavy (non-hydrogen) atoms. The minimum absolute atomic E-state index is 0.363. The normalized spacial score (nSPS) is 20.4. The van der Waals surface area contributed by atoms with Gasteiger partial charge in [0.25, 0.3) is 0 Å². The second kappa shape index (κ2) is 2.85. The molecule has 0 aromatic heterocycles. The van der Waals surface area contributed by atoms with Crippen molar-refractivity contribution in [2.45, 2.75) is 32.1 Å². The molecular weight excluding hydrogens is 112 g/mol. The number of hydrogen-bond donors (Lipinski definition) is 2. The van der Waals surface area contributed by atoms with Gasteiger partial charge in [0.15, 0.2) is 0 Å². The second-order valence-electron chi connectivity index (χ2n) is 2.88. The standard InChI is InChI=1S/C7H14N2/c8-7(9)5-6-3-1-2-4-6/h6H,1-5H2,(H3,8,9). The molecule has 1 fully saturated rings. The van der Waals surface area contributed by atoms with Crippen molar-refractivity contribution in [1.82, 2.24) is 0 Å². The van der Waals surface area contributed by atoms with E-state index in [1.54, 1.807) is 0 Å². The van der Waals surface area contributed by atoms with Crippen molar-refractivity contribution in [3.63, 3.8) is 0 Å². The van der Waals surface area contributed by atoms with Gasteiger partial charge in [-0.05, 0) is 5.92 Å². The number of nitrogens with one attached hydrogen (secondary N) is 1. The van der Waals surface area contributed by atoms with Crippen molar-refractivity contribution in [2.75, 3.05) is 0 Å². The number of nitrogens with two attached hydrogens (primary N) is 1. The van der Waals surface area contributed by atoms with Crippen LogP contribution >= 0.6 is 0 Å². The Morgan fingerprint density at radius 1 is 1.44 bits per heavy atom. The Labute approximate surface area is 55.9 Å². The van der Waals surface area contributed by atoms with Gasteiger partial charge in [-0.25, -0.2) is 0 Å². The van der Waals surface area contributed by atoms with Gasteiger partial charge in [0, 0.05) is 6.42 Å². The van der Waals surface area contributed by atoms with E-state index in [0.717, 1.165) is 12.3 Å². The van der Waals surface area contributed by atoms with Gasteiger partial charge in [-0.3, -0.25) is 5.41 Å². The summed E-state index contributed by atoms with van der Waals surface area (Å²) >= 11 is 0. The first-order valence-corrected chi connectivity index (χ1v) is 3.62. The minimum Gasteiger partial charge on any atom is -0.388 e. The molecule has 1 aliphatic carbocycles. The Morgan fingerprint density at radius 2 is 2.00 bits per heavy atom. The lowest BCUT2D eigenvalue weighted by Crippen LogP contribution is -2.13. The molecular formula is C7H14N2. The van der Waals surface area contributed by atoms with Crippen LogP contribution in [0.2, 0.25) is 0 Å². The third-order valence-electron chi connectivity index (χ3n) is 1.98. The average molecular weight is 126 g/mol. The molecule has 1 aliphatic rings. The molecule has 0 aromatic carbocycles. The number of hydrogen-bond acceptors (Lipinski definition) is 1. The fraction of sp³-hybridized carbons (Fsp3) is 0.857. The molecule has 0 unspecified atom stereocenters. The summed E-state index contributed by atoms with van der Waals surface area (Å²) in [4.78, 5) is 0. The van der Waals surface area contributed by atoms with Crippen molar-refractivity contribution < 1.29 is 0 Å². The first kappa shape index (κ1) is 6.59.